The predicted molar refractivity (Wildman–Crippen MR) is 63.4 cm³/mol. The largest absolute Gasteiger partial charge is 0.476 e. The summed E-state index contributed by atoms with van der Waals surface area (Å²) in [6.45, 7) is 3.71. The average molecular weight is 265 g/mol. The minimum Gasteiger partial charge on any atom is -0.476 e. The van der Waals surface area contributed by atoms with E-state index in [-0.39, 0.29) is 22.9 Å². The summed E-state index contributed by atoms with van der Waals surface area (Å²) in [5.74, 6) is -1.04. The van der Waals surface area contributed by atoms with Crippen LogP contribution in [0.4, 0.5) is 5.69 Å². The lowest BCUT2D eigenvalue weighted by Crippen LogP contribution is -2.09. The molecule has 2 aromatic rings. The van der Waals surface area contributed by atoms with Crippen molar-refractivity contribution in [2.45, 2.75) is 20.4 Å². The van der Waals surface area contributed by atoms with E-state index in [4.69, 9.17) is 5.11 Å². The van der Waals surface area contributed by atoms with Crippen molar-refractivity contribution in [3.63, 3.8) is 0 Å². The first-order valence-electron chi connectivity index (χ1n) is 5.46. The van der Waals surface area contributed by atoms with Crippen LogP contribution >= 0.6 is 0 Å². The van der Waals surface area contributed by atoms with Crippen LogP contribution in [-0.2, 0) is 6.54 Å². The van der Waals surface area contributed by atoms with Gasteiger partial charge in [-0.2, -0.15) is 10.2 Å². The van der Waals surface area contributed by atoms with Crippen molar-refractivity contribution in [1.29, 1.82) is 0 Å². The van der Waals surface area contributed by atoms with E-state index in [1.807, 2.05) is 0 Å². The molecule has 0 amide bonds. The first-order valence-corrected chi connectivity index (χ1v) is 5.46. The fourth-order valence-electron chi connectivity index (χ4n) is 1.78. The molecule has 0 bridgehead atoms. The summed E-state index contributed by atoms with van der Waals surface area (Å²) in [6.07, 6.45) is 1.36. The number of hydrogen-bond acceptors (Lipinski definition) is 5. The standard InChI is InChI=1S/C10H11N5O4/c1-3-13-9(8(15(18)19)6(2)11-13)14-5-4-7(12-14)10(16)17/h4-5H,3H2,1-2H3,(H,16,17). The second-order valence-corrected chi connectivity index (χ2v) is 3.78. The minimum atomic E-state index is -1.19. The Bertz CT molecular complexity index is 657. The molecule has 1 N–H and O–H groups in total. The number of carbonyl (C=O) groups is 1. The predicted octanol–water partition coefficient (Wildman–Crippen LogP) is 1.00. The molecule has 2 aromatic heterocycles. The molecule has 0 radical (unpaired) electrons. The Labute approximate surface area is 107 Å². The van der Waals surface area contributed by atoms with Gasteiger partial charge in [-0.1, -0.05) is 0 Å². The number of aryl methyl sites for hydroxylation is 2. The Morgan fingerprint density at radius 3 is 2.68 bits per heavy atom. The second-order valence-electron chi connectivity index (χ2n) is 3.78. The summed E-state index contributed by atoms with van der Waals surface area (Å²) in [6, 6.07) is 1.27. The Hall–Kier alpha value is -2.71. The molecule has 0 aliphatic heterocycles. The van der Waals surface area contributed by atoms with Crippen LogP contribution < -0.4 is 0 Å². The number of aromatic carboxylic acids is 1. The SMILES string of the molecule is CCn1nc(C)c([N+](=O)[O-])c1-n1ccc(C(=O)O)n1. The van der Waals surface area contributed by atoms with E-state index in [2.05, 4.69) is 10.2 Å². The molecule has 0 aliphatic rings. The fourth-order valence-corrected chi connectivity index (χ4v) is 1.78. The Morgan fingerprint density at radius 1 is 1.53 bits per heavy atom. The van der Waals surface area contributed by atoms with Crippen LogP contribution in [-0.4, -0.2) is 35.6 Å². The molecule has 0 unspecified atom stereocenters. The topological polar surface area (TPSA) is 116 Å². The summed E-state index contributed by atoms with van der Waals surface area (Å²) in [5.41, 5.74) is -0.105. The third-order valence-electron chi connectivity index (χ3n) is 2.58. The summed E-state index contributed by atoms with van der Waals surface area (Å²) in [4.78, 5) is 21.3. The quantitative estimate of drug-likeness (QED) is 0.651. The number of rotatable bonds is 4. The van der Waals surface area contributed by atoms with Crippen LogP contribution in [0.3, 0.4) is 0 Å². The third-order valence-corrected chi connectivity index (χ3v) is 2.58. The minimum absolute atomic E-state index is 0.150. The average Bonchev–Trinajstić information content (AvgIpc) is 2.91. The van der Waals surface area contributed by atoms with Crippen molar-refractivity contribution < 1.29 is 14.8 Å². The van der Waals surface area contributed by atoms with Gasteiger partial charge in [0.1, 0.15) is 5.69 Å². The van der Waals surface area contributed by atoms with Crippen molar-refractivity contribution in [1.82, 2.24) is 19.6 Å². The van der Waals surface area contributed by atoms with Gasteiger partial charge in [-0.15, -0.1) is 0 Å². The molecule has 19 heavy (non-hydrogen) atoms. The van der Waals surface area contributed by atoms with E-state index in [1.165, 1.54) is 23.9 Å². The molecule has 100 valence electrons. The lowest BCUT2D eigenvalue weighted by molar-refractivity contribution is -0.385. The van der Waals surface area contributed by atoms with Crippen LogP contribution in [0.15, 0.2) is 12.3 Å². The molecule has 9 heteroatoms. The summed E-state index contributed by atoms with van der Waals surface area (Å²) in [7, 11) is 0. The van der Waals surface area contributed by atoms with Crippen molar-refractivity contribution in [2.24, 2.45) is 0 Å². The molecule has 0 spiro atoms. The number of nitro groups is 1. The smallest absolute Gasteiger partial charge is 0.356 e. The van der Waals surface area contributed by atoms with E-state index in [0.29, 0.717) is 6.54 Å². The van der Waals surface area contributed by atoms with E-state index in [1.54, 1.807) is 6.92 Å². The van der Waals surface area contributed by atoms with Gasteiger partial charge in [0.25, 0.3) is 0 Å². The summed E-state index contributed by atoms with van der Waals surface area (Å²) in [5, 5.41) is 27.7. The maximum absolute atomic E-state index is 11.1. The Balaban J connectivity index is 2.65. The highest BCUT2D eigenvalue weighted by Gasteiger charge is 2.27. The summed E-state index contributed by atoms with van der Waals surface area (Å²) < 4.78 is 2.57. The van der Waals surface area contributed by atoms with Crippen molar-refractivity contribution in [2.75, 3.05) is 0 Å². The molecule has 0 atom stereocenters. The maximum Gasteiger partial charge on any atom is 0.356 e. The number of carboxylic acid groups (broad SMARTS) is 1. The molecule has 0 aliphatic carbocycles. The van der Waals surface area contributed by atoms with Crippen molar-refractivity contribution in [3.05, 3.63) is 33.8 Å². The van der Waals surface area contributed by atoms with Gasteiger partial charge in [-0.05, 0) is 19.9 Å². The number of aromatic nitrogens is 4. The fraction of sp³-hybridized carbons (Fsp3) is 0.300. The van der Waals surface area contributed by atoms with Crippen molar-refractivity contribution >= 4 is 11.7 Å². The van der Waals surface area contributed by atoms with Crippen LogP contribution in [0.5, 0.6) is 0 Å². The molecule has 0 saturated carbocycles. The lowest BCUT2D eigenvalue weighted by Gasteiger charge is -2.03. The molecule has 2 heterocycles. The zero-order chi connectivity index (χ0) is 14.2. The van der Waals surface area contributed by atoms with Crippen LogP contribution in [0, 0.1) is 17.0 Å². The molecule has 0 aromatic carbocycles. The third kappa shape index (κ3) is 2.05. The van der Waals surface area contributed by atoms with Gasteiger partial charge >= 0.3 is 11.7 Å². The first-order chi connectivity index (χ1) is 8.95. The van der Waals surface area contributed by atoms with E-state index >= 15 is 0 Å². The van der Waals surface area contributed by atoms with E-state index in [9.17, 15) is 14.9 Å². The van der Waals surface area contributed by atoms with Gasteiger partial charge in [0.05, 0.1) is 4.92 Å². The number of carboxylic acids is 1. The van der Waals surface area contributed by atoms with Crippen LogP contribution in [0.1, 0.15) is 23.1 Å². The van der Waals surface area contributed by atoms with E-state index in [0.717, 1.165) is 4.68 Å². The Kier molecular flexibility index (Phi) is 3.03. The van der Waals surface area contributed by atoms with E-state index < -0.39 is 10.9 Å². The van der Waals surface area contributed by atoms with Gasteiger partial charge < -0.3 is 5.11 Å². The zero-order valence-corrected chi connectivity index (χ0v) is 10.3. The normalized spacial score (nSPS) is 10.6. The first kappa shape index (κ1) is 12.7. The molecule has 2 rings (SSSR count). The number of nitrogens with zero attached hydrogens (tertiary/aromatic N) is 5. The second kappa shape index (κ2) is 4.52. The van der Waals surface area contributed by atoms with Gasteiger partial charge in [-0.3, -0.25) is 10.1 Å². The number of hydrogen-bond donors (Lipinski definition) is 1. The highest BCUT2D eigenvalue weighted by atomic mass is 16.6. The Morgan fingerprint density at radius 2 is 2.21 bits per heavy atom. The summed E-state index contributed by atoms with van der Waals surface area (Å²) >= 11 is 0. The maximum atomic E-state index is 11.1. The van der Waals surface area contributed by atoms with Crippen LogP contribution in [0.2, 0.25) is 0 Å². The molecule has 9 nitrogen and oxygen atoms in total. The lowest BCUT2D eigenvalue weighted by atomic mass is 10.4. The monoisotopic (exact) mass is 265 g/mol. The highest BCUT2D eigenvalue weighted by Crippen LogP contribution is 2.26. The van der Waals surface area contributed by atoms with Gasteiger partial charge in [0, 0.05) is 12.7 Å². The van der Waals surface area contributed by atoms with Gasteiger partial charge in [-0.25, -0.2) is 14.2 Å². The van der Waals surface area contributed by atoms with Gasteiger partial charge in [0.2, 0.25) is 5.82 Å². The van der Waals surface area contributed by atoms with Crippen molar-refractivity contribution in [3.8, 4) is 5.82 Å². The molecular weight excluding hydrogens is 254 g/mol. The molecule has 0 saturated heterocycles. The molecular formula is C10H11N5O4. The molecule has 0 fully saturated rings. The zero-order valence-electron chi connectivity index (χ0n) is 10.3. The van der Waals surface area contributed by atoms with Crippen LogP contribution in [0.25, 0.3) is 5.82 Å². The highest BCUT2D eigenvalue weighted by molar-refractivity contribution is 5.85. The van der Waals surface area contributed by atoms with Gasteiger partial charge in [0.15, 0.2) is 5.69 Å².